The number of nitrogens with zero attached hydrogens (tertiary/aromatic N) is 5. The van der Waals surface area contributed by atoms with Crippen LogP contribution in [0.1, 0.15) is 23.1 Å². The number of hydrogen-bond acceptors (Lipinski definition) is 6. The molecular formula is C18H19N7O4. The van der Waals surface area contributed by atoms with Gasteiger partial charge in [0.1, 0.15) is 18.4 Å². The van der Waals surface area contributed by atoms with Crippen molar-refractivity contribution in [2.45, 2.75) is 26.9 Å². The van der Waals surface area contributed by atoms with Gasteiger partial charge in [-0.05, 0) is 26.0 Å². The van der Waals surface area contributed by atoms with Gasteiger partial charge < -0.3 is 10.6 Å². The van der Waals surface area contributed by atoms with Gasteiger partial charge in [-0.1, -0.05) is 18.2 Å². The molecule has 0 aliphatic rings. The second-order valence-electron chi connectivity index (χ2n) is 6.15. The van der Waals surface area contributed by atoms with Crippen molar-refractivity contribution >= 4 is 28.9 Å². The van der Waals surface area contributed by atoms with Gasteiger partial charge in [0.25, 0.3) is 5.91 Å². The Kier molecular flexibility index (Phi) is 5.67. The maximum atomic E-state index is 12.6. The fourth-order valence-electron chi connectivity index (χ4n) is 2.66. The molecule has 1 aromatic carbocycles. The Hall–Kier alpha value is -4.02. The number of nitro groups is 1. The van der Waals surface area contributed by atoms with Gasteiger partial charge in [-0.2, -0.15) is 10.2 Å². The van der Waals surface area contributed by atoms with Crippen LogP contribution in [0.5, 0.6) is 0 Å². The number of carbonyl (C=O) groups excluding carboxylic acids is 2. The van der Waals surface area contributed by atoms with E-state index in [-0.39, 0.29) is 29.3 Å². The molecule has 150 valence electrons. The maximum Gasteiger partial charge on any atom is 0.309 e. The van der Waals surface area contributed by atoms with E-state index in [4.69, 9.17) is 0 Å². The molecule has 2 amide bonds. The second kappa shape index (κ2) is 8.33. The summed E-state index contributed by atoms with van der Waals surface area (Å²) < 4.78 is 2.75. The number of para-hydroxylation sites is 1. The van der Waals surface area contributed by atoms with Gasteiger partial charge in [0.2, 0.25) is 5.91 Å². The molecule has 0 aliphatic heterocycles. The molecule has 11 heteroatoms. The van der Waals surface area contributed by atoms with Crippen molar-refractivity contribution in [1.29, 1.82) is 0 Å². The van der Waals surface area contributed by atoms with E-state index in [0.717, 1.165) is 6.20 Å². The Morgan fingerprint density at radius 1 is 1.21 bits per heavy atom. The summed E-state index contributed by atoms with van der Waals surface area (Å²) in [6.45, 7) is 3.62. The topological polar surface area (TPSA) is 137 Å². The average Bonchev–Trinajstić information content (AvgIpc) is 3.26. The lowest BCUT2D eigenvalue weighted by Crippen LogP contribution is -2.22. The van der Waals surface area contributed by atoms with Crippen LogP contribution in [0.3, 0.4) is 0 Å². The molecule has 0 bridgehead atoms. The lowest BCUT2D eigenvalue weighted by atomic mass is 10.3. The van der Waals surface area contributed by atoms with E-state index in [1.165, 1.54) is 16.3 Å². The van der Waals surface area contributed by atoms with Crippen molar-refractivity contribution in [3.8, 4) is 0 Å². The average molecular weight is 397 g/mol. The number of benzene rings is 1. The van der Waals surface area contributed by atoms with Gasteiger partial charge in [0, 0.05) is 18.4 Å². The van der Waals surface area contributed by atoms with Crippen molar-refractivity contribution in [2.75, 3.05) is 10.6 Å². The Morgan fingerprint density at radius 3 is 2.55 bits per heavy atom. The fraction of sp³-hybridized carbons (Fsp3) is 0.222. The minimum atomic E-state index is -0.561. The number of amides is 2. The molecule has 0 radical (unpaired) electrons. The standard InChI is InChI=1S/C18H19N7O4/c1-3-23-10-14(17(22-23)18(27)20-13-7-5-4-6-8-13)21-16(26)11-24-12(2)15(9-19-24)25(28)29/h4-10H,3,11H2,1-2H3,(H,20,27)(H,21,26). The first-order chi connectivity index (χ1) is 13.9. The predicted octanol–water partition coefficient (Wildman–Crippen LogP) is 2.21. The molecule has 0 atom stereocenters. The van der Waals surface area contributed by atoms with E-state index in [1.807, 2.05) is 13.0 Å². The van der Waals surface area contributed by atoms with Gasteiger partial charge in [-0.3, -0.25) is 29.1 Å². The van der Waals surface area contributed by atoms with E-state index in [9.17, 15) is 19.7 Å². The van der Waals surface area contributed by atoms with Gasteiger partial charge in [0.15, 0.2) is 5.69 Å². The zero-order valence-electron chi connectivity index (χ0n) is 15.8. The molecule has 2 heterocycles. The molecule has 0 fully saturated rings. The molecule has 0 unspecified atom stereocenters. The van der Waals surface area contributed by atoms with Gasteiger partial charge >= 0.3 is 5.69 Å². The van der Waals surface area contributed by atoms with Gasteiger partial charge in [-0.15, -0.1) is 0 Å². The molecule has 0 saturated carbocycles. The third-order valence-corrected chi connectivity index (χ3v) is 4.17. The summed E-state index contributed by atoms with van der Waals surface area (Å²) in [7, 11) is 0. The summed E-state index contributed by atoms with van der Waals surface area (Å²) >= 11 is 0. The predicted molar refractivity (Wildman–Crippen MR) is 105 cm³/mol. The van der Waals surface area contributed by atoms with Crippen LogP contribution in [0, 0.1) is 17.0 Å². The zero-order chi connectivity index (χ0) is 21.0. The summed E-state index contributed by atoms with van der Waals surface area (Å²) in [5, 5.41) is 24.3. The van der Waals surface area contributed by atoms with Crippen molar-refractivity contribution < 1.29 is 14.5 Å². The molecular weight excluding hydrogens is 378 g/mol. The lowest BCUT2D eigenvalue weighted by Gasteiger charge is -2.07. The second-order valence-corrected chi connectivity index (χ2v) is 6.15. The number of rotatable bonds is 7. The van der Waals surface area contributed by atoms with Crippen LogP contribution < -0.4 is 10.6 Å². The molecule has 3 rings (SSSR count). The molecule has 2 aromatic heterocycles. The number of anilines is 2. The molecule has 29 heavy (non-hydrogen) atoms. The molecule has 11 nitrogen and oxygen atoms in total. The highest BCUT2D eigenvalue weighted by molar-refractivity contribution is 6.08. The van der Waals surface area contributed by atoms with Crippen LogP contribution in [-0.2, 0) is 17.9 Å². The summed E-state index contributed by atoms with van der Waals surface area (Å²) in [6.07, 6.45) is 2.65. The molecule has 3 aromatic rings. The van der Waals surface area contributed by atoms with Crippen molar-refractivity contribution in [2.24, 2.45) is 0 Å². The first-order valence-electron chi connectivity index (χ1n) is 8.79. The largest absolute Gasteiger partial charge is 0.321 e. The SMILES string of the molecule is CCn1cc(NC(=O)Cn2ncc([N+](=O)[O-])c2C)c(C(=O)Nc2ccccc2)n1. The van der Waals surface area contributed by atoms with Crippen LogP contribution >= 0.6 is 0 Å². The highest BCUT2D eigenvalue weighted by atomic mass is 16.6. The third-order valence-electron chi connectivity index (χ3n) is 4.17. The molecule has 0 spiro atoms. The molecule has 0 aliphatic carbocycles. The summed E-state index contributed by atoms with van der Waals surface area (Å²) in [5.41, 5.74) is 0.994. The number of aromatic nitrogens is 4. The minimum Gasteiger partial charge on any atom is -0.321 e. The Morgan fingerprint density at radius 2 is 1.93 bits per heavy atom. The normalized spacial score (nSPS) is 10.6. The Labute approximate surface area is 165 Å². The van der Waals surface area contributed by atoms with Crippen LogP contribution in [0.25, 0.3) is 0 Å². The van der Waals surface area contributed by atoms with Crippen molar-refractivity contribution in [3.05, 3.63) is 64.2 Å². The highest BCUT2D eigenvalue weighted by Gasteiger charge is 2.21. The van der Waals surface area contributed by atoms with Gasteiger partial charge in [-0.25, -0.2) is 0 Å². The summed E-state index contributed by atoms with van der Waals surface area (Å²) in [4.78, 5) is 35.4. The number of aryl methyl sites for hydroxylation is 1. The lowest BCUT2D eigenvalue weighted by molar-refractivity contribution is -0.385. The minimum absolute atomic E-state index is 0.0622. The first-order valence-corrected chi connectivity index (χ1v) is 8.79. The smallest absolute Gasteiger partial charge is 0.309 e. The summed E-state index contributed by atoms with van der Waals surface area (Å²) in [6, 6.07) is 8.87. The van der Waals surface area contributed by atoms with E-state index in [1.54, 1.807) is 30.5 Å². The Balaban J connectivity index is 1.76. The van der Waals surface area contributed by atoms with Crippen LogP contribution in [0.4, 0.5) is 17.1 Å². The summed E-state index contributed by atoms with van der Waals surface area (Å²) in [5.74, 6) is -0.958. The van der Waals surface area contributed by atoms with Crippen LogP contribution in [0.15, 0.2) is 42.7 Å². The maximum absolute atomic E-state index is 12.6. The van der Waals surface area contributed by atoms with Crippen LogP contribution in [0.2, 0.25) is 0 Å². The highest BCUT2D eigenvalue weighted by Crippen LogP contribution is 2.18. The van der Waals surface area contributed by atoms with Crippen LogP contribution in [-0.4, -0.2) is 36.3 Å². The Bertz CT molecular complexity index is 1060. The molecule has 0 saturated heterocycles. The number of nitrogens with one attached hydrogen (secondary N) is 2. The van der Waals surface area contributed by atoms with E-state index < -0.39 is 16.7 Å². The van der Waals surface area contributed by atoms with Crippen molar-refractivity contribution in [3.63, 3.8) is 0 Å². The van der Waals surface area contributed by atoms with E-state index in [0.29, 0.717) is 12.2 Å². The molecule has 2 N–H and O–H groups in total. The van der Waals surface area contributed by atoms with Gasteiger partial charge in [0.05, 0.1) is 10.6 Å². The van der Waals surface area contributed by atoms with E-state index >= 15 is 0 Å². The van der Waals surface area contributed by atoms with E-state index in [2.05, 4.69) is 20.8 Å². The third kappa shape index (κ3) is 4.46. The monoisotopic (exact) mass is 397 g/mol. The quantitative estimate of drug-likeness (QED) is 0.463. The van der Waals surface area contributed by atoms with Crippen molar-refractivity contribution in [1.82, 2.24) is 19.6 Å². The number of hydrogen-bond donors (Lipinski definition) is 2. The zero-order valence-corrected chi connectivity index (χ0v) is 15.8. The number of carbonyl (C=O) groups is 2. The first kappa shape index (κ1) is 19.7. The fourth-order valence-corrected chi connectivity index (χ4v) is 2.66.